The second kappa shape index (κ2) is 7.49. The van der Waals surface area contributed by atoms with Gasteiger partial charge in [-0.1, -0.05) is 0 Å². The fourth-order valence-corrected chi connectivity index (χ4v) is 0. The summed E-state index contributed by atoms with van der Waals surface area (Å²) in [7, 11) is 0. The molecule has 0 heterocycles. The summed E-state index contributed by atoms with van der Waals surface area (Å²) in [5, 5.41) is 0. The second-order valence-electron chi connectivity index (χ2n) is 1.84. The van der Waals surface area contributed by atoms with Gasteiger partial charge in [0.05, 0.1) is 0 Å². The van der Waals surface area contributed by atoms with Crippen molar-refractivity contribution in [1.82, 2.24) is 4.90 Å². The molecule has 10 heavy (non-hydrogen) atoms. The molecule has 66 valence electrons. The summed E-state index contributed by atoms with van der Waals surface area (Å²) in [6, 6.07) is 0. The number of rotatable bonds is 0. The van der Waals surface area contributed by atoms with Crippen LogP contribution in [0.4, 0.5) is 17.3 Å². The van der Waals surface area contributed by atoms with Gasteiger partial charge in [-0.05, 0) is 21.1 Å². The van der Waals surface area contributed by atoms with Gasteiger partial charge in [0.25, 0.3) is 0 Å². The Bertz CT molecular complexity index is 62.1. The number of halogens is 4. The number of hydrogen-bond acceptors (Lipinski definition) is 1. The first kappa shape index (κ1) is 16.8. The van der Waals surface area contributed by atoms with Gasteiger partial charge in [-0.25, -0.2) is 0 Å². The summed E-state index contributed by atoms with van der Waals surface area (Å²) >= 11 is 0. The van der Waals surface area contributed by atoms with Crippen molar-refractivity contribution in [2.75, 3.05) is 21.1 Å². The molecular weight excluding hydrogens is 327 g/mol. The first-order valence-electron chi connectivity index (χ1n) is 2.21. The summed E-state index contributed by atoms with van der Waals surface area (Å²) < 4.78 is 39.0. The largest absolute Gasteiger partial charge is 1.00 e. The zero-order chi connectivity index (χ0) is 8.08. The van der Waals surface area contributed by atoms with Crippen LogP contribution in [-0.2, 0) is 19.8 Å². The molecule has 0 radical (unpaired) electrons. The molecule has 0 amide bonds. The Labute approximate surface area is 72.4 Å². The van der Waals surface area contributed by atoms with Crippen LogP contribution in [0, 0.1) is 0 Å². The van der Waals surface area contributed by atoms with Crippen LogP contribution >= 0.6 is 0 Å². The summed E-state index contributed by atoms with van der Waals surface area (Å²) in [5.74, 6) is 0. The van der Waals surface area contributed by atoms with Crippen LogP contribution in [0.25, 0.3) is 0 Å². The zero-order valence-corrected chi connectivity index (χ0v) is 8.43. The maximum atomic E-state index is 9.75. The average Bonchev–Trinajstić information content (AvgIpc) is 1.19. The molecule has 0 bridgehead atoms. The van der Waals surface area contributed by atoms with E-state index in [0.717, 1.165) is 0 Å². The minimum Gasteiger partial charge on any atom is -0.418 e. The quantitative estimate of drug-likeness (QED) is 0.479. The SMILES string of the molecule is CN(C)C.F[B-](F)(F)F.[H+].[Os]. The summed E-state index contributed by atoms with van der Waals surface area (Å²) in [5.41, 5.74) is 0. The predicted octanol–water partition coefficient (Wildman–Crippen LogP) is 1.59. The molecule has 0 aromatic heterocycles. The normalized spacial score (nSPS) is 9.60. The second-order valence-corrected chi connectivity index (χ2v) is 1.84. The Balaban J connectivity index is -0.0000000383. The Morgan fingerprint density at radius 2 is 1.00 bits per heavy atom. The molecule has 0 aromatic rings. The standard InChI is InChI=1S/C3H9N.BF4.Os/c1-4(2)3;2-1(3,4)5;/h1-3H3;;/q;-1;/p+1. The molecule has 0 saturated heterocycles. The van der Waals surface area contributed by atoms with Crippen molar-refractivity contribution in [2.45, 2.75) is 0 Å². The van der Waals surface area contributed by atoms with Crippen molar-refractivity contribution in [3.05, 3.63) is 0 Å². The van der Waals surface area contributed by atoms with E-state index in [1.54, 1.807) is 0 Å². The first-order valence-corrected chi connectivity index (χ1v) is 2.21. The van der Waals surface area contributed by atoms with E-state index in [1.165, 1.54) is 0 Å². The van der Waals surface area contributed by atoms with E-state index in [4.69, 9.17) is 0 Å². The molecule has 0 fully saturated rings. The van der Waals surface area contributed by atoms with Crippen LogP contribution < -0.4 is 0 Å². The van der Waals surface area contributed by atoms with E-state index in [9.17, 15) is 17.3 Å². The van der Waals surface area contributed by atoms with E-state index >= 15 is 0 Å². The molecule has 1 nitrogen and oxygen atoms in total. The molecule has 0 aliphatic heterocycles. The van der Waals surface area contributed by atoms with E-state index in [0.29, 0.717) is 0 Å². The van der Waals surface area contributed by atoms with Gasteiger partial charge in [0.1, 0.15) is 0 Å². The summed E-state index contributed by atoms with van der Waals surface area (Å²) in [4.78, 5) is 2.00. The molecule has 0 spiro atoms. The molecule has 0 N–H and O–H groups in total. The molecule has 0 saturated carbocycles. The minimum absolute atomic E-state index is 0. The van der Waals surface area contributed by atoms with Gasteiger partial charge in [-0.15, -0.1) is 0 Å². The van der Waals surface area contributed by atoms with E-state index < -0.39 is 7.25 Å². The van der Waals surface area contributed by atoms with Crippen LogP contribution in [0.2, 0.25) is 0 Å². The third-order valence-electron chi connectivity index (χ3n) is 0. The third-order valence-corrected chi connectivity index (χ3v) is 0. The van der Waals surface area contributed by atoms with Gasteiger partial charge < -0.3 is 22.2 Å². The Morgan fingerprint density at radius 1 is 1.00 bits per heavy atom. The monoisotopic (exact) mass is 339 g/mol. The van der Waals surface area contributed by atoms with Crippen molar-refractivity contribution in [3.8, 4) is 0 Å². The van der Waals surface area contributed by atoms with Crippen molar-refractivity contribution >= 4 is 7.25 Å². The first-order chi connectivity index (χ1) is 3.73. The summed E-state index contributed by atoms with van der Waals surface area (Å²) in [6.07, 6.45) is 0. The fourth-order valence-electron chi connectivity index (χ4n) is 0. The van der Waals surface area contributed by atoms with Crippen molar-refractivity contribution in [3.63, 3.8) is 0 Å². The minimum atomic E-state index is -6.00. The van der Waals surface area contributed by atoms with Crippen LogP contribution in [0.5, 0.6) is 0 Å². The average molecular weight is 337 g/mol. The van der Waals surface area contributed by atoms with Crippen molar-refractivity contribution < 1.29 is 38.5 Å². The maximum Gasteiger partial charge on any atom is 1.00 e. The van der Waals surface area contributed by atoms with Gasteiger partial charge >= 0.3 is 8.68 Å². The Kier molecular flexibility index (Phi) is 12.6. The van der Waals surface area contributed by atoms with Gasteiger partial charge in [0.15, 0.2) is 0 Å². The predicted molar refractivity (Wildman–Crippen MR) is 30.9 cm³/mol. The molecule has 0 aliphatic carbocycles. The van der Waals surface area contributed by atoms with Gasteiger partial charge in [0.2, 0.25) is 0 Å². The van der Waals surface area contributed by atoms with E-state index in [1.807, 2.05) is 26.0 Å². The summed E-state index contributed by atoms with van der Waals surface area (Å²) in [6.45, 7) is 0. The molecule has 0 atom stereocenters. The molecule has 0 aromatic carbocycles. The van der Waals surface area contributed by atoms with Crippen LogP contribution in [0.3, 0.4) is 0 Å². The Morgan fingerprint density at radius 3 is 1.00 bits per heavy atom. The van der Waals surface area contributed by atoms with E-state index in [-0.39, 0.29) is 21.2 Å². The van der Waals surface area contributed by atoms with Crippen molar-refractivity contribution in [1.29, 1.82) is 0 Å². The number of hydrogen-bond donors (Lipinski definition) is 0. The maximum absolute atomic E-state index is 9.75. The smallest absolute Gasteiger partial charge is 0.418 e. The molecule has 0 unspecified atom stereocenters. The van der Waals surface area contributed by atoms with Crippen molar-refractivity contribution in [2.24, 2.45) is 0 Å². The van der Waals surface area contributed by atoms with Crippen LogP contribution in [-0.4, -0.2) is 33.3 Å². The molecule has 7 heteroatoms. The zero-order valence-electron chi connectivity index (χ0n) is 6.89. The van der Waals surface area contributed by atoms with Crippen LogP contribution in [0.1, 0.15) is 1.43 Å². The molecule has 0 rings (SSSR count). The Hall–Kier alpha value is 0.381. The van der Waals surface area contributed by atoms with Gasteiger partial charge in [0, 0.05) is 19.8 Å². The third kappa shape index (κ3) is 3140. The number of nitrogens with zero attached hydrogens (tertiary/aromatic N) is 1. The fraction of sp³-hybridized carbons (Fsp3) is 1.00. The molecular formula is C3H10BF4NOs. The molecule has 0 aliphatic rings. The van der Waals surface area contributed by atoms with Crippen LogP contribution in [0.15, 0.2) is 0 Å². The van der Waals surface area contributed by atoms with Gasteiger partial charge in [-0.2, -0.15) is 0 Å². The topological polar surface area (TPSA) is 3.24 Å². The van der Waals surface area contributed by atoms with E-state index in [2.05, 4.69) is 0 Å². The van der Waals surface area contributed by atoms with Gasteiger partial charge in [-0.3, -0.25) is 0 Å².